The molecule has 0 spiro atoms. The average Bonchev–Trinajstić information content (AvgIpc) is 3.32. The van der Waals surface area contributed by atoms with E-state index in [2.05, 4.69) is 50.1 Å². The third-order valence-electron chi connectivity index (χ3n) is 4.97. The molecule has 0 saturated carbocycles. The Balaban J connectivity index is 1.73. The monoisotopic (exact) mass is 426 g/mol. The van der Waals surface area contributed by atoms with Crippen LogP contribution in [0.2, 0.25) is 0 Å². The second kappa shape index (κ2) is 13.1. The second-order valence-corrected chi connectivity index (χ2v) is 8.63. The van der Waals surface area contributed by atoms with E-state index in [0.717, 1.165) is 69.0 Å². The molecule has 8 nitrogen and oxygen atoms in total. The zero-order valence-electron chi connectivity index (χ0n) is 18.7. The number of aliphatic imine (C=N–C) groups is 1. The van der Waals surface area contributed by atoms with Gasteiger partial charge in [-0.3, -0.25) is 4.99 Å². The van der Waals surface area contributed by atoms with Crippen LogP contribution >= 0.6 is 11.8 Å². The molecule has 29 heavy (non-hydrogen) atoms. The summed E-state index contributed by atoms with van der Waals surface area (Å²) in [5.41, 5.74) is 0. The number of nitrogens with one attached hydrogen (secondary N) is 1. The summed E-state index contributed by atoms with van der Waals surface area (Å²) in [7, 11) is 3.56. The van der Waals surface area contributed by atoms with Crippen LogP contribution in [0.15, 0.2) is 10.1 Å². The maximum Gasteiger partial charge on any atom is 0.193 e. The fraction of sp³-hybridized carbons (Fsp3) is 0.850. The highest BCUT2D eigenvalue weighted by molar-refractivity contribution is 7.98. The SMILES string of the molecule is CN=C(NCCCc1nnc(SC)n1CC(C)C)N1CCC(COCCOC)C1. The van der Waals surface area contributed by atoms with Crippen LogP contribution in [0.25, 0.3) is 0 Å². The number of nitrogens with zero attached hydrogens (tertiary/aromatic N) is 5. The molecule has 9 heteroatoms. The van der Waals surface area contributed by atoms with Gasteiger partial charge in [-0.25, -0.2) is 0 Å². The standard InChI is InChI=1S/C20H38N6O2S/c1-16(2)13-26-18(23-24-20(26)29-5)7-6-9-22-19(21-3)25-10-8-17(14-25)15-28-12-11-27-4/h16-17H,6-15H2,1-5H3,(H,21,22). The molecule has 0 radical (unpaired) electrons. The van der Waals surface area contributed by atoms with Gasteiger partial charge < -0.3 is 24.3 Å². The van der Waals surface area contributed by atoms with E-state index < -0.39 is 0 Å². The van der Waals surface area contributed by atoms with Gasteiger partial charge in [0.15, 0.2) is 11.1 Å². The number of hydrogen-bond donors (Lipinski definition) is 1. The normalized spacial score (nSPS) is 17.5. The van der Waals surface area contributed by atoms with E-state index in [1.807, 2.05) is 7.05 Å². The van der Waals surface area contributed by atoms with E-state index in [1.165, 1.54) is 0 Å². The molecule has 1 aromatic heterocycles. The summed E-state index contributed by atoms with van der Waals surface area (Å²) in [6.07, 6.45) is 5.12. The molecule has 2 heterocycles. The van der Waals surface area contributed by atoms with Gasteiger partial charge in [-0.2, -0.15) is 0 Å². The molecule has 0 amide bonds. The molecule has 0 aromatic carbocycles. The Morgan fingerprint density at radius 1 is 1.34 bits per heavy atom. The smallest absolute Gasteiger partial charge is 0.193 e. The topological polar surface area (TPSA) is 76.8 Å². The summed E-state index contributed by atoms with van der Waals surface area (Å²) < 4.78 is 13.0. The van der Waals surface area contributed by atoms with E-state index in [1.54, 1.807) is 18.9 Å². The molecule has 1 fully saturated rings. The van der Waals surface area contributed by atoms with Crippen molar-refractivity contribution in [2.24, 2.45) is 16.8 Å². The van der Waals surface area contributed by atoms with Crippen molar-refractivity contribution in [1.29, 1.82) is 0 Å². The maximum absolute atomic E-state index is 5.69. The fourth-order valence-corrected chi connectivity index (χ4v) is 4.06. The number of likely N-dealkylation sites (tertiary alicyclic amines) is 1. The van der Waals surface area contributed by atoms with Gasteiger partial charge in [0, 0.05) is 52.7 Å². The van der Waals surface area contributed by atoms with Crippen molar-refractivity contribution in [3.63, 3.8) is 0 Å². The highest BCUT2D eigenvalue weighted by Gasteiger charge is 2.24. The quantitative estimate of drug-likeness (QED) is 0.237. The zero-order chi connectivity index (χ0) is 21.1. The van der Waals surface area contributed by atoms with E-state index >= 15 is 0 Å². The summed E-state index contributed by atoms with van der Waals surface area (Å²) >= 11 is 1.66. The van der Waals surface area contributed by atoms with Gasteiger partial charge in [0.1, 0.15) is 5.82 Å². The first kappa shape index (κ1) is 24.0. The maximum atomic E-state index is 5.69. The van der Waals surface area contributed by atoms with Crippen LogP contribution in [0.4, 0.5) is 0 Å². The molecule has 1 saturated heterocycles. The lowest BCUT2D eigenvalue weighted by Crippen LogP contribution is -2.40. The Bertz CT molecular complexity index is 622. The van der Waals surface area contributed by atoms with Crippen LogP contribution in [0.3, 0.4) is 0 Å². The first-order chi connectivity index (χ1) is 14.1. The van der Waals surface area contributed by atoms with Crippen LogP contribution in [0.5, 0.6) is 0 Å². The van der Waals surface area contributed by atoms with Crippen LogP contribution in [-0.4, -0.2) is 85.5 Å². The Morgan fingerprint density at radius 3 is 2.86 bits per heavy atom. The van der Waals surface area contributed by atoms with Gasteiger partial charge in [0.05, 0.1) is 19.8 Å². The highest BCUT2D eigenvalue weighted by Crippen LogP contribution is 2.18. The summed E-state index contributed by atoms with van der Waals surface area (Å²) in [5, 5.41) is 13.3. The number of ether oxygens (including phenoxy) is 2. The summed E-state index contributed by atoms with van der Waals surface area (Å²) in [4.78, 5) is 6.80. The van der Waals surface area contributed by atoms with Crippen molar-refractivity contribution in [2.45, 2.75) is 44.8 Å². The van der Waals surface area contributed by atoms with E-state index in [0.29, 0.717) is 25.0 Å². The van der Waals surface area contributed by atoms with Gasteiger partial charge in [0.25, 0.3) is 0 Å². The fourth-order valence-electron chi connectivity index (χ4n) is 3.54. The lowest BCUT2D eigenvalue weighted by molar-refractivity contribution is 0.0536. The van der Waals surface area contributed by atoms with Crippen molar-refractivity contribution in [3.8, 4) is 0 Å². The molecule has 1 aromatic rings. The highest BCUT2D eigenvalue weighted by atomic mass is 32.2. The summed E-state index contributed by atoms with van der Waals surface area (Å²) in [6.45, 7) is 10.4. The lowest BCUT2D eigenvalue weighted by atomic mass is 10.1. The molecule has 0 aliphatic carbocycles. The Morgan fingerprint density at radius 2 is 2.17 bits per heavy atom. The van der Waals surface area contributed by atoms with Crippen LogP contribution in [0.1, 0.15) is 32.5 Å². The van der Waals surface area contributed by atoms with Gasteiger partial charge in [-0.05, 0) is 25.0 Å². The minimum absolute atomic E-state index is 0.560. The third-order valence-corrected chi connectivity index (χ3v) is 5.63. The Labute approximate surface area is 179 Å². The zero-order valence-corrected chi connectivity index (χ0v) is 19.5. The number of aromatic nitrogens is 3. The van der Waals surface area contributed by atoms with E-state index in [9.17, 15) is 0 Å². The molecular formula is C20H38N6O2S. The molecule has 1 atom stereocenters. The predicted octanol–water partition coefficient (Wildman–Crippen LogP) is 2.15. The molecular weight excluding hydrogens is 388 g/mol. The molecule has 0 bridgehead atoms. The number of rotatable bonds is 12. The lowest BCUT2D eigenvalue weighted by Gasteiger charge is -2.21. The number of hydrogen-bond acceptors (Lipinski definition) is 6. The van der Waals surface area contributed by atoms with Gasteiger partial charge in [0.2, 0.25) is 0 Å². The number of aryl methyl sites for hydroxylation is 1. The molecule has 166 valence electrons. The van der Waals surface area contributed by atoms with E-state index in [4.69, 9.17) is 9.47 Å². The molecule has 2 rings (SSSR count). The summed E-state index contributed by atoms with van der Waals surface area (Å²) in [6, 6.07) is 0. The van der Waals surface area contributed by atoms with Crippen molar-refractivity contribution in [1.82, 2.24) is 25.0 Å². The predicted molar refractivity (Wildman–Crippen MR) is 119 cm³/mol. The van der Waals surface area contributed by atoms with Crippen LogP contribution < -0.4 is 5.32 Å². The van der Waals surface area contributed by atoms with Gasteiger partial charge in [-0.15, -0.1) is 10.2 Å². The Kier molecular flexibility index (Phi) is 10.8. The van der Waals surface area contributed by atoms with Crippen molar-refractivity contribution in [2.75, 3.05) is 59.9 Å². The van der Waals surface area contributed by atoms with Gasteiger partial charge >= 0.3 is 0 Å². The molecule has 1 unspecified atom stereocenters. The first-order valence-corrected chi connectivity index (χ1v) is 11.8. The van der Waals surface area contributed by atoms with Crippen molar-refractivity contribution >= 4 is 17.7 Å². The minimum Gasteiger partial charge on any atom is -0.382 e. The summed E-state index contributed by atoms with van der Waals surface area (Å²) in [5.74, 6) is 3.20. The van der Waals surface area contributed by atoms with Crippen LogP contribution in [-0.2, 0) is 22.4 Å². The van der Waals surface area contributed by atoms with E-state index in [-0.39, 0.29) is 0 Å². The van der Waals surface area contributed by atoms with Crippen molar-refractivity contribution in [3.05, 3.63) is 5.82 Å². The van der Waals surface area contributed by atoms with Gasteiger partial charge in [-0.1, -0.05) is 25.6 Å². The second-order valence-electron chi connectivity index (χ2n) is 7.85. The number of methoxy groups -OCH3 is 1. The molecule has 1 N–H and O–H groups in total. The number of thioether (sulfide) groups is 1. The Hall–Kier alpha value is -1.32. The number of guanidine groups is 1. The van der Waals surface area contributed by atoms with Crippen molar-refractivity contribution < 1.29 is 9.47 Å². The molecule has 1 aliphatic heterocycles. The third kappa shape index (κ3) is 7.79. The molecule has 1 aliphatic rings. The average molecular weight is 427 g/mol. The minimum atomic E-state index is 0.560. The largest absolute Gasteiger partial charge is 0.382 e. The first-order valence-electron chi connectivity index (χ1n) is 10.6. The van der Waals surface area contributed by atoms with Crippen LogP contribution in [0, 0.1) is 11.8 Å².